The second-order valence-electron chi connectivity index (χ2n) is 7.63. The van der Waals surface area contributed by atoms with E-state index in [9.17, 15) is 30.0 Å². The normalized spacial score (nSPS) is 24.9. The van der Waals surface area contributed by atoms with Crippen molar-refractivity contribution in [3.63, 3.8) is 0 Å². The summed E-state index contributed by atoms with van der Waals surface area (Å²) in [7, 11) is -9.63. The maximum Gasteiger partial charge on any atom is 0.256 e. The summed E-state index contributed by atoms with van der Waals surface area (Å²) < 4.78 is 80.6. The zero-order chi connectivity index (χ0) is 23.0. The van der Waals surface area contributed by atoms with Crippen molar-refractivity contribution in [2.45, 2.75) is 36.7 Å². The SMILES string of the molecule is COc1ccc(S(=O)(=O)N(N[C@H]2CCS(=O)(=O)C2)[C@H]2CCS(=O)(=O)C2)cc1NC(C)=O. The molecule has 2 atom stereocenters. The fraction of sp³-hybridized carbons (Fsp3) is 0.588. The molecule has 0 radical (unpaired) electrons. The molecule has 0 spiro atoms. The Hall–Kier alpha value is -1.74. The Balaban J connectivity index is 2.00. The van der Waals surface area contributed by atoms with Crippen LogP contribution in [0.1, 0.15) is 19.8 Å². The minimum atomic E-state index is -4.29. The van der Waals surface area contributed by atoms with Gasteiger partial charge in [-0.25, -0.2) is 30.7 Å². The van der Waals surface area contributed by atoms with Crippen LogP contribution in [0.3, 0.4) is 0 Å². The van der Waals surface area contributed by atoms with E-state index in [0.29, 0.717) is 0 Å². The maximum absolute atomic E-state index is 13.5. The molecule has 174 valence electrons. The number of sulfone groups is 2. The first-order valence-corrected chi connectivity index (χ1v) is 14.6. The number of hydrazine groups is 1. The Labute approximate surface area is 182 Å². The number of carbonyl (C=O) groups is 1. The molecule has 1 aromatic carbocycles. The Morgan fingerprint density at radius 3 is 2.26 bits per heavy atom. The lowest BCUT2D eigenvalue weighted by molar-refractivity contribution is -0.114. The van der Waals surface area contributed by atoms with E-state index in [0.717, 1.165) is 4.41 Å². The number of nitrogens with zero attached hydrogens (tertiary/aromatic N) is 1. The van der Waals surface area contributed by atoms with E-state index in [2.05, 4.69) is 10.7 Å². The number of anilines is 1. The van der Waals surface area contributed by atoms with E-state index in [1.165, 1.54) is 32.2 Å². The molecule has 2 aliphatic rings. The fourth-order valence-corrected chi connectivity index (χ4v) is 8.71. The summed E-state index contributed by atoms with van der Waals surface area (Å²) in [6.07, 6.45) is 0.302. The van der Waals surface area contributed by atoms with Crippen molar-refractivity contribution >= 4 is 41.3 Å². The monoisotopic (exact) mass is 495 g/mol. The van der Waals surface area contributed by atoms with Gasteiger partial charge in [-0.05, 0) is 31.0 Å². The van der Waals surface area contributed by atoms with Crippen LogP contribution < -0.4 is 15.5 Å². The van der Waals surface area contributed by atoms with Crippen molar-refractivity contribution in [1.29, 1.82) is 0 Å². The van der Waals surface area contributed by atoms with Crippen LogP contribution in [0, 0.1) is 0 Å². The predicted molar refractivity (Wildman–Crippen MR) is 114 cm³/mol. The summed E-state index contributed by atoms with van der Waals surface area (Å²) in [5.74, 6) is -1.02. The number of hydrogen-bond donors (Lipinski definition) is 2. The van der Waals surface area contributed by atoms with Crippen LogP contribution in [-0.2, 0) is 34.5 Å². The van der Waals surface area contributed by atoms with Gasteiger partial charge in [0, 0.05) is 13.0 Å². The summed E-state index contributed by atoms with van der Waals surface area (Å²) in [5.41, 5.74) is 2.90. The molecule has 11 nitrogen and oxygen atoms in total. The van der Waals surface area contributed by atoms with Gasteiger partial charge in [-0.1, -0.05) is 0 Å². The van der Waals surface area contributed by atoms with E-state index in [-0.39, 0.29) is 52.2 Å². The van der Waals surface area contributed by atoms with E-state index in [4.69, 9.17) is 4.74 Å². The van der Waals surface area contributed by atoms with Crippen LogP contribution in [0.2, 0.25) is 0 Å². The van der Waals surface area contributed by atoms with Gasteiger partial charge in [-0.2, -0.15) is 0 Å². The molecule has 0 saturated carbocycles. The highest BCUT2D eigenvalue weighted by atomic mass is 32.2. The molecule has 1 aromatic rings. The van der Waals surface area contributed by atoms with Crippen molar-refractivity contribution in [2.24, 2.45) is 0 Å². The fourth-order valence-electron chi connectivity index (χ4n) is 3.66. The topological polar surface area (TPSA) is 156 Å². The molecule has 0 aliphatic carbocycles. The first-order valence-electron chi connectivity index (χ1n) is 9.50. The molecule has 0 unspecified atom stereocenters. The average Bonchev–Trinajstić information content (AvgIpc) is 3.19. The second kappa shape index (κ2) is 8.65. The number of sulfonamides is 1. The highest BCUT2D eigenvalue weighted by molar-refractivity contribution is 7.92. The number of hydrogen-bond acceptors (Lipinski definition) is 9. The van der Waals surface area contributed by atoms with Gasteiger partial charge in [0.25, 0.3) is 10.0 Å². The minimum absolute atomic E-state index is 0.0727. The Morgan fingerprint density at radius 1 is 1.10 bits per heavy atom. The van der Waals surface area contributed by atoms with Gasteiger partial charge in [0.1, 0.15) is 5.75 Å². The van der Waals surface area contributed by atoms with Crippen molar-refractivity contribution in [2.75, 3.05) is 35.4 Å². The lowest BCUT2D eigenvalue weighted by atomic mass is 10.2. The van der Waals surface area contributed by atoms with E-state index >= 15 is 0 Å². The Morgan fingerprint density at radius 2 is 1.74 bits per heavy atom. The van der Waals surface area contributed by atoms with Gasteiger partial charge >= 0.3 is 0 Å². The van der Waals surface area contributed by atoms with Crippen LogP contribution in [-0.4, -0.2) is 77.8 Å². The molecule has 0 bridgehead atoms. The molecular formula is C17H25N3O8S3. The Bertz CT molecular complexity index is 1180. The molecule has 31 heavy (non-hydrogen) atoms. The largest absolute Gasteiger partial charge is 0.495 e. The lowest BCUT2D eigenvalue weighted by Crippen LogP contribution is -2.54. The quantitative estimate of drug-likeness (QED) is 0.477. The van der Waals surface area contributed by atoms with E-state index in [1.807, 2.05) is 0 Å². The number of rotatable bonds is 7. The number of methoxy groups -OCH3 is 1. The van der Waals surface area contributed by atoms with Crippen LogP contribution in [0.25, 0.3) is 0 Å². The van der Waals surface area contributed by atoms with Crippen molar-refractivity contribution in [3.05, 3.63) is 18.2 Å². The van der Waals surface area contributed by atoms with Gasteiger partial charge in [-0.15, -0.1) is 4.41 Å². The van der Waals surface area contributed by atoms with Crippen molar-refractivity contribution < 1.29 is 34.8 Å². The Kier molecular flexibility index (Phi) is 6.68. The molecule has 2 aliphatic heterocycles. The zero-order valence-corrected chi connectivity index (χ0v) is 19.5. The van der Waals surface area contributed by atoms with Crippen LogP contribution >= 0.6 is 0 Å². The van der Waals surface area contributed by atoms with Gasteiger partial charge in [0.15, 0.2) is 19.7 Å². The molecule has 2 fully saturated rings. The zero-order valence-electron chi connectivity index (χ0n) is 17.1. The average molecular weight is 496 g/mol. The van der Waals surface area contributed by atoms with Gasteiger partial charge in [0.2, 0.25) is 5.91 Å². The van der Waals surface area contributed by atoms with Crippen LogP contribution in [0.15, 0.2) is 23.1 Å². The molecule has 0 aromatic heterocycles. The van der Waals surface area contributed by atoms with Crippen molar-refractivity contribution in [3.8, 4) is 5.75 Å². The number of carbonyl (C=O) groups excluding carboxylic acids is 1. The third-order valence-corrected chi connectivity index (χ3v) is 10.4. The maximum atomic E-state index is 13.5. The smallest absolute Gasteiger partial charge is 0.256 e. The number of benzene rings is 1. The third-order valence-electron chi connectivity index (χ3n) is 5.12. The lowest BCUT2D eigenvalue weighted by Gasteiger charge is -2.30. The number of nitrogens with one attached hydrogen (secondary N) is 2. The summed E-state index contributed by atoms with van der Waals surface area (Å²) in [6.45, 7) is 1.26. The standard InChI is InChI=1S/C17H25N3O8S3/c1-12(21)18-16-9-15(3-4-17(16)28-2)31(26,27)20(14-6-8-30(24,25)11-14)19-13-5-7-29(22,23)10-13/h3-4,9,13-14,19H,5-8,10-11H2,1-2H3,(H,18,21)/t13-,14-/m0/s1. The number of amides is 1. The highest BCUT2D eigenvalue weighted by Gasteiger charge is 2.41. The molecule has 2 N–H and O–H groups in total. The van der Waals surface area contributed by atoms with E-state index < -0.39 is 47.7 Å². The van der Waals surface area contributed by atoms with Crippen LogP contribution in [0.4, 0.5) is 5.69 Å². The first kappa shape index (κ1) is 23.9. The molecule has 14 heteroatoms. The van der Waals surface area contributed by atoms with Gasteiger partial charge in [0.05, 0.1) is 46.7 Å². The molecule has 1 amide bonds. The van der Waals surface area contributed by atoms with Crippen molar-refractivity contribution in [1.82, 2.24) is 9.84 Å². The predicted octanol–water partition coefficient (Wildman–Crippen LogP) is -0.477. The minimum Gasteiger partial charge on any atom is -0.495 e. The van der Waals surface area contributed by atoms with Crippen LogP contribution in [0.5, 0.6) is 5.75 Å². The molecule has 2 saturated heterocycles. The summed E-state index contributed by atoms with van der Waals surface area (Å²) in [4.78, 5) is 11.3. The third kappa shape index (κ3) is 5.55. The van der Waals surface area contributed by atoms with Gasteiger partial charge < -0.3 is 10.1 Å². The number of ether oxygens (including phenoxy) is 1. The second-order valence-corrected chi connectivity index (χ2v) is 13.9. The molecular weight excluding hydrogens is 470 g/mol. The summed E-state index contributed by atoms with van der Waals surface area (Å²) in [5, 5.41) is 2.50. The van der Waals surface area contributed by atoms with E-state index in [1.54, 1.807) is 0 Å². The van der Waals surface area contributed by atoms with Gasteiger partial charge in [-0.3, -0.25) is 4.79 Å². The highest BCUT2D eigenvalue weighted by Crippen LogP contribution is 2.31. The summed E-state index contributed by atoms with van der Waals surface area (Å²) in [6, 6.07) is 2.34. The molecule has 2 heterocycles. The molecule has 3 rings (SSSR count). The summed E-state index contributed by atoms with van der Waals surface area (Å²) >= 11 is 0. The first-order chi connectivity index (χ1) is 14.3.